The monoisotopic (exact) mass is 706 g/mol. The topological polar surface area (TPSA) is 137 Å². The number of allylic oxidation sites excluding steroid dienone is 4. The van der Waals surface area contributed by atoms with Crippen molar-refractivity contribution in [2.45, 2.75) is 69.4 Å². The molecule has 0 N–H and O–H groups in total. The molecule has 0 saturated carbocycles. The predicted octanol–water partition coefficient (Wildman–Crippen LogP) is 6.22. The molecule has 49 heavy (non-hydrogen) atoms. The highest BCUT2D eigenvalue weighted by Gasteiger charge is 2.30. The standard InChI is InChI=1S/C18H18F2N2O2S.C18H18N2O3S/c1-11-8-13-5-6-15(18(2,19)20)22-17(13)14(11)9-12-4-7-16(21-10-12)25(3,23)24;1-11-8-14-5-6-16(12(2)21)20-18(14)15(11)9-13-4-7-17(19-10-13)24(3,22)23/h4-7,10H,8-9H2,1-3H3;4-7,10H,8-9H2,1-3H3. The Labute approximate surface area is 285 Å². The van der Waals surface area contributed by atoms with E-state index in [4.69, 9.17) is 0 Å². The van der Waals surface area contributed by atoms with Gasteiger partial charge in [0.2, 0.25) is 0 Å². The molecule has 9 nitrogen and oxygen atoms in total. The lowest BCUT2D eigenvalue weighted by atomic mass is 10.0. The van der Waals surface area contributed by atoms with Crippen LogP contribution in [0.4, 0.5) is 8.78 Å². The van der Waals surface area contributed by atoms with E-state index in [-0.39, 0.29) is 21.5 Å². The maximum Gasteiger partial charge on any atom is 0.286 e. The van der Waals surface area contributed by atoms with E-state index in [9.17, 15) is 30.4 Å². The molecule has 4 heterocycles. The Kier molecular flexibility index (Phi) is 9.82. The Bertz CT molecular complexity index is 2240. The predicted molar refractivity (Wildman–Crippen MR) is 183 cm³/mol. The molecule has 0 fully saturated rings. The molecule has 0 aliphatic heterocycles. The van der Waals surface area contributed by atoms with Crippen molar-refractivity contribution < 1.29 is 30.4 Å². The Hall–Kier alpha value is -4.49. The molecule has 0 spiro atoms. The molecule has 0 amide bonds. The van der Waals surface area contributed by atoms with Gasteiger partial charge in [0.1, 0.15) is 11.4 Å². The number of hydrogen-bond donors (Lipinski definition) is 0. The van der Waals surface area contributed by atoms with Crippen molar-refractivity contribution in [2.75, 3.05) is 12.5 Å². The summed E-state index contributed by atoms with van der Waals surface area (Å²) in [5.41, 5.74) is 9.74. The molecule has 4 aromatic heterocycles. The largest absolute Gasteiger partial charge is 0.293 e. The van der Waals surface area contributed by atoms with E-state index in [1.165, 1.54) is 36.9 Å². The molecular formula is C36H36F2N4O5S2. The van der Waals surface area contributed by atoms with Gasteiger partial charge in [-0.05, 0) is 84.4 Å². The van der Waals surface area contributed by atoms with Crippen LogP contribution in [0.1, 0.15) is 77.5 Å². The third-order valence-corrected chi connectivity index (χ3v) is 10.4. The minimum Gasteiger partial charge on any atom is -0.293 e. The van der Waals surface area contributed by atoms with Gasteiger partial charge < -0.3 is 0 Å². The van der Waals surface area contributed by atoms with E-state index in [1.807, 2.05) is 13.0 Å². The first kappa shape index (κ1) is 35.8. The van der Waals surface area contributed by atoms with Crippen LogP contribution in [0.25, 0.3) is 11.1 Å². The van der Waals surface area contributed by atoms with Gasteiger partial charge in [-0.1, -0.05) is 35.4 Å². The Morgan fingerprint density at radius 3 is 1.55 bits per heavy atom. The van der Waals surface area contributed by atoms with Gasteiger partial charge in [0.15, 0.2) is 35.5 Å². The molecular weight excluding hydrogens is 671 g/mol. The second-order valence-corrected chi connectivity index (χ2v) is 16.6. The third-order valence-electron chi connectivity index (χ3n) is 8.40. The smallest absolute Gasteiger partial charge is 0.286 e. The molecule has 2 aliphatic carbocycles. The Balaban J connectivity index is 0.000000191. The lowest BCUT2D eigenvalue weighted by Crippen LogP contribution is -2.11. The van der Waals surface area contributed by atoms with Gasteiger partial charge in [0.05, 0.1) is 11.4 Å². The van der Waals surface area contributed by atoms with Crippen LogP contribution >= 0.6 is 0 Å². The van der Waals surface area contributed by atoms with E-state index in [1.54, 1.807) is 30.5 Å². The van der Waals surface area contributed by atoms with Crippen molar-refractivity contribution in [3.8, 4) is 0 Å². The van der Waals surface area contributed by atoms with Crippen LogP contribution in [0.15, 0.2) is 82.1 Å². The highest BCUT2D eigenvalue weighted by atomic mass is 32.2. The summed E-state index contributed by atoms with van der Waals surface area (Å²) in [5.74, 6) is -3.05. The molecule has 0 unspecified atom stereocenters. The first-order valence-electron chi connectivity index (χ1n) is 15.4. The highest BCUT2D eigenvalue weighted by Crippen LogP contribution is 2.37. The van der Waals surface area contributed by atoms with Crippen molar-refractivity contribution >= 4 is 36.6 Å². The van der Waals surface area contributed by atoms with Crippen molar-refractivity contribution in [1.82, 2.24) is 19.9 Å². The Morgan fingerprint density at radius 1 is 0.714 bits per heavy atom. The number of aromatic nitrogens is 4. The number of carbonyl (C=O) groups excluding carboxylic acids is 1. The fraction of sp³-hybridized carbons (Fsp3) is 0.306. The third kappa shape index (κ3) is 8.22. The fourth-order valence-electron chi connectivity index (χ4n) is 5.76. The number of alkyl halides is 2. The Morgan fingerprint density at radius 2 is 1.16 bits per heavy atom. The second kappa shape index (κ2) is 13.4. The molecule has 4 aromatic rings. The van der Waals surface area contributed by atoms with Gasteiger partial charge in [0.25, 0.3) is 5.92 Å². The number of sulfone groups is 2. The number of rotatable bonds is 8. The summed E-state index contributed by atoms with van der Waals surface area (Å²) in [7, 11) is -6.64. The average Bonchev–Trinajstić information content (AvgIpc) is 3.50. The summed E-state index contributed by atoms with van der Waals surface area (Å²) in [5, 5.41) is 0.0839. The van der Waals surface area contributed by atoms with E-state index < -0.39 is 25.6 Å². The molecule has 256 valence electrons. The number of nitrogens with zero attached hydrogens (tertiary/aromatic N) is 4. The van der Waals surface area contributed by atoms with E-state index in [2.05, 4.69) is 26.9 Å². The number of carbonyl (C=O) groups is 1. The molecule has 0 bridgehead atoms. The van der Waals surface area contributed by atoms with Crippen LogP contribution in [-0.2, 0) is 51.3 Å². The van der Waals surface area contributed by atoms with Gasteiger partial charge in [-0.2, -0.15) is 8.78 Å². The molecule has 13 heteroatoms. The number of fused-ring (bicyclic) bond motifs is 2. The van der Waals surface area contributed by atoms with Crippen molar-refractivity contribution in [3.63, 3.8) is 0 Å². The summed E-state index contributed by atoms with van der Waals surface area (Å²) in [6.45, 7) is 6.36. The average molecular weight is 707 g/mol. The maximum absolute atomic E-state index is 13.6. The quantitative estimate of drug-likeness (QED) is 0.196. The summed E-state index contributed by atoms with van der Waals surface area (Å²) >= 11 is 0. The molecule has 0 aromatic carbocycles. The van der Waals surface area contributed by atoms with Crippen LogP contribution in [0.5, 0.6) is 0 Å². The zero-order chi connectivity index (χ0) is 35.9. The number of Topliss-reactive ketones (excluding diaryl/α,β-unsaturated/α-hetero) is 1. The van der Waals surface area contributed by atoms with Gasteiger partial charge in [-0.25, -0.2) is 36.8 Å². The highest BCUT2D eigenvalue weighted by molar-refractivity contribution is 7.90. The molecule has 0 radical (unpaired) electrons. The van der Waals surface area contributed by atoms with Crippen molar-refractivity contribution in [1.29, 1.82) is 0 Å². The maximum atomic E-state index is 13.6. The summed E-state index contributed by atoms with van der Waals surface area (Å²) < 4.78 is 73.1. The molecule has 0 saturated heterocycles. The van der Waals surface area contributed by atoms with Crippen LogP contribution in [-0.4, -0.2) is 55.1 Å². The van der Waals surface area contributed by atoms with E-state index >= 15 is 0 Å². The zero-order valence-electron chi connectivity index (χ0n) is 28.0. The van der Waals surface area contributed by atoms with Crippen molar-refractivity contribution in [3.05, 3.63) is 117 Å². The summed E-state index contributed by atoms with van der Waals surface area (Å²) in [4.78, 5) is 28.3. The minimum absolute atomic E-state index is 0.0137. The van der Waals surface area contributed by atoms with E-state index in [0.29, 0.717) is 30.7 Å². The van der Waals surface area contributed by atoms with Gasteiger partial charge in [-0.15, -0.1) is 0 Å². The number of halogens is 2. The fourth-order valence-corrected chi connectivity index (χ4v) is 6.88. The van der Waals surface area contributed by atoms with E-state index in [0.717, 1.165) is 70.5 Å². The SMILES string of the molecule is CC(=O)c1ccc2c(n1)C(Cc1ccc(S(C)(=O)=O)nc1)=C(C)C2.CC1=C(Cc2ccc(S(C)(=O)=O)nc2)c2nc(C(C)(F)F)ccc2C1. The number of pyridine rings is 4. The van der Waals surface area contributed by atoms with Crippen molar-refractivity contribution in [2.24, 2.45) is 0 Å². The van der Waals surface area contributed by atoms with Crippen LogP contribution in [0, 0.1) is 0 Å². The minimum atomic E-state index is -3.35. The first-order chi connectivity index (χ1) is 22.8. The van der Waals surface area contributed by atoms with Gasteiger partial charge in [-0.3, -0.25) is 4.79 Å². The molecule has 0 atom stereocenters. The van der Waals surface area contributed by atoms with Gasteiger partial charge >= 0.3 is 0 Å². The number of ketones is 1. The summed E-state index contributed by atoms with van der Waals surface area (Å²) in [6, 6.07) is 13.3. The van der Waals surface area contributed by atoms with Crippen LogP contribution in [0.3, 0.4) is 0 Å². The lowest BCUT2D eigenvalue weighted by molar-refractivity contribution is 0.0127. The van der Waals surface area contributed by atoms with Crippen LogP contribution < -0.4 is 0 Å². The first-order valence-corrected chi connectivity index (χ1v) is 19.2. The van der Waals surface area contributed by atoms with Crippen LogP contribution in [0.2, 0.25) is 0 Å². The normalized spacial score (nSPS) is 14.4. The number of hydrogen-bond acceptors (Lipinski definition) is 9. The molecule has 2 aliphatic rings. The lowest BCUT2D eigenvalue weighted by Gasteiger charge is -2.13. The second-order valence-electron chi connectivity index (χ2n) is 12.6. The van der Waals surface area contributed by atoms with Gasteiger partial charge in [0, 0.05) is 51.6 Å². The zero-order valence-corrected chi connectivity index (χ0v) is 29.6. The molecule has 6 rings (SSSR count). The summed E-state index contributed by atoms with van der Waals surface area (Å²) in [6.07, 6.45) is 7.93.